The molecule has 1 N–H and O–H groups in total. The van der Waals surface area contributed by atoms with Crippen LogP contribution in [0.3, 0.4) is 0 Å². The largest absolute Gasteiger partial charge is 0.384 e. The highest BCUT2D eigenvalue weighted by Crippen LogP contribution is 2.10. The molecule has 1 rings (SSSR count). The van der Waals surface area contributed by atoms with Gasteiger partial charge in [-0.05, 0) is 18.9 Å². The van der Waals surface area contributed by atoms with E-state index >= 15 is 0 Å². The summed E-state index contributed by atoms with van der Waals surface area (Å²) in [5.74, 6) is 0.533. The van der Waals surface area contributed by atoms with Crippen molar-refractivity contribution in [3.8, 4) is 0 Å². The molecule has 0 aliphatic carbocycles. The zero-order valence-corrected chi connectivity index (χ0v) is 10.0. The van der Waals surface area contributed by atoms with Crippen molar-refractivity contribution in [1.82, 2.24) is 15.1 Å². The van der Waals surface area contributed by atoms with Gasteiger partial charge in [0.15, 0.2) is 0 Å². The van der Waals surface area contributed by atoms with Crippen LogP contribution in [0.5, 0.6) is 0 Å². The van der Waals surface area contributed by atoms with Gasteiger partial charge in [-0.2, -0.15) is 5.10 Å². The molecule has 0 amide bonds. The number of hydrogen-bond acceptors (Lipinski definition) is 3. The van der Waals surface area contributed by atoms with Gasteiger partial charge in [0.25, 0.3) is 0 Å². The van der Waals surface area contributed by atoms with E-state index in [1.807, 2.05) is 24.0 Å². The van der Waals surface area contributed by atoms with Crippen LogP contribution in [0, 0.1) is 5.92 Å². The lowest BCUT2D eigenvalue weighted by Crippen LogP contribution is -2.27. The SMILES string of the molecule is COCC(C)CNC(C)c1ccnn1C. The number of aryl methyl sites for hydroxylation is 1. The number of rotatable bonds is 6. The second-order valence-electron chi connectivity index (χ2n) is 4.07. The van der Waals surface area contributed by atoms with Crippen molar-refractivity contribution in [3.05, 3.63) is 18.0 Å². The molecule has 0 aliphatic heterocycles. The van der Waals surface area contributed by atoms with Crippen LogP contribution >= 0.6 is 0 Å². The minimum atomic E-state index is 0.330. The van der Waals surface area contributed by atoms with Crippen LogP contribution in [0.25, 0.3) is 0 Å². The Labute approximate surface area is 91.6 Å². The zero-order valence-electron chi connectivity index (χ0n) is 10.0. The molecule has 0 spiro atoms. The van der Waals surface area contributed by atoms with E-state index in [2.05, 4.69) is 24.3 Å². The first-order valence-electron chi connectivity index (χ1n) is 5.35. The van der Waals surface area contributed by atoms with Gasteiger partial charge in [-0.3, -0.25) is 4.68 Å². The molecule has 0 bridgehead atoms. The first kappa shape index (κ1) is 12.2. The van der Waals surface area contributed by atoms with Gasteiger partial charge in [0.1, 0.15) is 0 Å². The standard InChI is InChI=1S/C11H21N3O/c1-9(8-15-4)7-12-10(2)11-5-6-13-14(11)3/h5-6,9-10,12H,7-8H2,1-4H3. The molecule has 0 saturated carbocycles. The number of nitrogens with zero attached hydrogens (tertiary/aromatic N) is 2. The quantitative estimate of drug-likeness (QED) is 0.772. The monoisotopic (exact) mass is 211 g/mol. The van der Waals surface area contributed by atoms with Crippen LogP contribution in [0.4, 0.5) is 0 Å². The van der Waals surface area contributed by atoms with E-state index in [-0.39, 0.29) is 0 Å². The Morgan fingerprint density at radius 2 is 2.27 bits per heavy atom. The van der Waals surface area contributed by atoms with Crippen LogP contribution in [-0.2, 0) is 11.8 Å². The summed E-state index contributed by atoms with van der Waals surface area (Å²) < 4.78 is 6.99. The molecule has 0 radical (unpaired) electrons. The Hall–Kier alpha value is -0.870. The number of ether oxygens (including phenoxy) is 1. The summed E-state index contributed by atoms with van der Waals surface area (Å²) in [7, 11) is 3.70. The van der Waals surface area contributed by atoms with Crippen LogP contribution in [0.2, 0.25) is 0 Å². The predicted molar refractivity (Wildman–Crippen MR) is 60.7 cm³/mol. The van der Waals surface area contributed by atoms with Gasteiger partial charge in [-0.25, -0.2) is 0 Å². The lowest BCUT2D eigenvalue weighted by atomic mass is 10.1. The molecule has 4 heteroatoms. The third-order valence-corrected chi connectivity index (χ3v) is 2.53. The van der Waals surface area contributed by atoms with Gasteiger partial charge >= 0.3 is 0 Å². The smallest absolute Gasteiger partial charge is 0.0547 e. The maximum atomic E-state index is 5.09. The third-order valence-electron chi connectivity index (χ3n) is 2.53. The van der Waals surface area contributed by atoms with E-state index in [9.17, 15) is 0 Å². The molecule has 0 fully saturated rings. The Morgan fingerprint density at radius 3 is 2.80 bits per heavy atom. The summed E-state index contributed by atoms with van der Waals surface area (Å²) in [6, 6.07) is 2.37. The van der Waals surface area contributed by atoms with Crippen LogP contribution < -0.4 is 5.32 Å². The van der Waals surface area contributed by atoms with E-state index in [1.54, 1.807) is 7.11 Å². The molecule has 2 atom stereocenters. The number of aromatic nitrogens is 2. The molecule has 2 unspecified atom stereocenters. The molecule has 1 heterocycles. The van der Waals surface area contributed by atoms with Crippen LogP contribution in [0.1, 0.15) is 25.6 Å². The lowest BCUT2D eigenvalue weighted by Gasteiger charge is -2.17. The van der Waals surface area contributed by atoms with E-state index in [4.69, 9.17) is 4.74 Å². The molecule has 15 heavy (non-hydrogen) atoms. The minimum Gasteiger partial charge on any atom is -0.384 e. The van der Waals surface area contributed by atoms with Crippen molar-refractivity contribution in [2.45, 2.75) is 19.9 Å². The van der Waals surface area contributed by atoms with Gasteiger partial charge in [-0.1, -0.05) is 6.92 Å². The molecule has 4 nitrogen and oxygen atoms in total. The van der Waals surface area contributed by atoms with Gasteiger partial charge in [0.05, 0.1) is 5.69 Å². The fourth-order valence-electron chi connectivity index (χ4n) is 1.63. The highest BCUT2D eigenvalue weighted by molar-refractivity contribution is 5.05. The Bertz CT molecular complexity index is 285. The maximum Gasteiger partial charge on any atom is 0.0547 e. The van der Waals surface area contributed by atoms with Gasteiger partial charge < -0.3 is 10.1 Å². The molecular formula is C11H21N3O. The summed E-state index contributed by atoms with van der Waals surface area (Å²) in [6.07, 6.45) is 1.83. The Morgan fingerprint density at radius 1 is 1.53 bits per heavy atom. The molecule has 0 aromatic carbocycles. The maximum absolute atomic E-state index is 5.09. The van der Waals surface area contributed by atoms with Crippen molar-refractivity contribution in [1.29, 1.82) is 0 Å². The first-order valence-corrected chi connectivity index (χ1v) is 5.35. The fourth-order valence-corrected chi connectivity index (χ4v) is 1.63. The first-order chi connectivity index (χ1) is 7.15. The highest BCUT2D eigenvalue weighted by Gasteiger charge is 2.10. The molecule has 1 aromatic rings. The lowest BCUT2D eigenvalue weighted by molar-refractivity contribution is 0.157. The normalized spacial score (nSPS) is 15.2. The third kappa shape index (κ3) is 3.64. The topological polar surface area (TPSA) is 39.1 Å². The second-order valence-corrected chi connectivity index (χ2v) is 4.07. The summed E-state index contributed by atoms with van der Waals surface area (Å²) >= 11 is 0. The zero-order chi connectivity index (χ0) is 11.3. The van der Waals surface area contributed by atoms with E-state index < -0.39 is 0 Å². The summed E-state index contributed by atoms with van der Waals surface area (Å²) in [5.41, 5.74) is 1.21. The second kappa shape index (κ2) is 5.88. The van der Waals surface area contributed by atoms with Gasteiger partial charge in [-0.15, -0.1) is 0 Å². The van der Waals surface area contributed by atoms with Gasteiger partial charge in [0, 0.05) is 39.5 Å². The number of methoxy groups -OCH3 is 1. The van der Waals surface area contributed by atoms with E-state index in [1.165, 1.54) is 5.69 Å². The number of nitrogens with one attached hydrogen (secondary N) is 1. The van der Waals surface area contributed by atoms with Crippen molar-refractivity contribution in [2.24, 2.45) is 13.0 Å². The van der Waals surface area contributed by atoms with Gasteiger partial charge in [0.2, 0.25) is 0 Å². The molecule has 1 aromatic heterocycles. The van der Waals surface area contributed by atoms with Crippen LogP contribution in [-0.4, -0.2) is 30.0 Å². The summed E-state index contributed by atoms with van der Waals surface area (Å²) in [6.45, 7) is 6.08. The Kier molecular flexibility index (Phi) is 4.78. The van der Waals surface area contributed by atoms with Crippen LogP contribution in [0.15, 0.2) is 12.3 Å². The van der Waals surface area contributed by atoms with E-state index in [0.29, 0.717) is 12.0 Å². The fraction of sp³-hybridized carbons (Fsp3) is 0.727. The van der Waals surface area contributed by atoms with Crippen molar-refractivity contribution in [3.63, 3.8) is 0 Å². The number of hydrogen-bond donors (Lipinski definition) is 1. The van der Waals surface area contributed by atoms with Crippen molar-refractivity contribution >= 4 is 0 Å². The van der Waals surface area contributed by atoms with Crippen molar-refractivity contribution < 1.29 is 4.74 Å². The summed E-state index contributed by atoms with van der Waals surface area (Å²) in [5, 5.41) is 7.62. The molecular weight excluding hydrogens is 190 g/mol. The van der Waals surface area contributed by atoms with E-state index in [0.717, 1.165) is 13.2 Å². The minimum absolute atomic E-state index is 0.330. The highest BCUT2D eigenvalue weighted by atomic mass is 16.5. The average Bonchev–Trinajstić information content (AvgIpc) is 2.61. The molecule has 0 saturated heterocycles. The molecule has 86 valence electrons. The average molecular weight is 211 g/mol. The molecule has 0 aliphatic rings. The van der Waals surface area contributed by atoms with Crippen molar-refractivity contribution in [2.75, 3.05) is 20.3 Å². The predicted octanol–water partition coefficient (Wildman–Crippen LogP) is 1.35. The summed E-state index contributed by atoms with van der Waals surface area (Å²) in [4.78, 5) is 0. The Balaban J connectivity index is 2.36.